The van der Waals surface area contributed by atoms with Crippen LogP contribution in [0.25, 0.3) is 0 Å². The van der Waals surface area contributed by atoms with Crippen LogP contribution in [0, 0.1) is 16.7 Å². The fraction of sp³-hybridized carbons (Fsp3) is 0.667. The number of nitriles is 1. The van der Waals surface area contributed by atoms with Crippen molar-refractivity contribution in [2.45, 2.75) is 25.9 Å². The Kier molecular flexibility index (Phi) is 3.18. The zero-order valence-electron chi connectivity index (χ0n) is 10.2. The van der Waals surface area contributed by atoms with Gasteiger partial charge in [-0.1, -0.05) is 6.92 Å². The lowest BCUT2D eigenvalue weighted by Crippen LogP contribution is -2.28. The lowest BCUT2D eigenvalue weighted by molar-refractivity contribution is 0.0498. The van der Waals surface area contributed by atoms with Gasteiger partial charge in [-0.15, -0.1) is 0 Å². The second kappa shape index (κ2) is 4.47. The average Bonchev–Trinajstić information content (AvgIpc) is 2.94. The second-order valence-corrected chi connectivity index (χ2v) is 4.53. The molecular weight excluding hydrogens is 218 g/mol. The van der Waals surface area contributed by atoms with Crippen LogP contribution in [-0.4, -0.2) is 28.1 Å². The minimum absolute atomic E-state index is 0.294. The highest BCUT2D eigenvalue weighted by Crippen LogP contribution is 2.41. The summed E-state index contributed by atoms with van der Waals surface area (Å²) in [6.07, 6.45) is 2.29. The third kappa shape index (κ3) is 1.94. The molecule has 0 saturated carbocycles. The summed E-state index contributed by atoms with van der Waals surface area (Å²) in [6.45, 7) is 2.82. The van der Waals surface area contributed by atoms with E-state index in [-0.39, 0.29) is 0 Å². The summed E-state index contributed by atoms with van der Waals surface area (Å²) in [4.78, 5) is 0. The van der Waals surface area contributed by atoms with Gasteiger partial charge >= 0.3 is 0 Å². The minimum atomic E-state index is -0.821. The number of nitrogens with zero attached hydrogens (tertiary/aromatic N) is 3. The molecule has 2 heterocycles. The fourth-order valence-electron chi connectivity index (χ4n) is 2.30. The van der Waals surface area contributed by atoms with Crippen LogP contribution in [0.5, 0.6) is 0 Å². The molecule has 5 nitrogen and oxygen atoms in total. The Bertz CT molecular complexity index is 441. The molecule has 1 saturated heterocycles. The molecule has 0 aromatic carbocycles. The van der Waals surface area contributed by atoms with Crippen molar-refractivity contribution in [3.63, 3.8) is 0 Å². The van der Waals surface area contributed by atoms with Crippen LogP contribution in [0.2, 0.25) is 0 Å². The van der Waals surface area contributed by atoms with Crippen molar-refractivity contribution in [1.82, 2.24) is 9.78 Å². The molecule has 1 aromatic heterocycles. The van der Waals surface area contributed by atoms with Crippen LogP contribution in [-0.2, 0) is 18.2 Å². The van der Waals surface area contributed by atoms with Crippen molar-refractivity contribution in [2.75, 3.05) is 13.2 Å². The first-order chi connectivity index (χ1) is 8.13. The molecule has 0 radical (unpaired) electrons. The summed E-state index contributed by atoms with van der Waals surface area (Å²) in [6, 6.07) is 2.22. The van der Waals surface area contributed by atoms with E-state index in [4.69, 9.17) is 4.74 Å². The Morgan fingerprint density at radius 1 is 1.76 bits per heavy atom. The topological polar surface area (TPSA) is 71.1 Å². The van der Waals surface area contributed by atoms with Crippen LogP contribution < -0.4 is 0 Å². The van der Waals surface area contributed by atoms with Gasteiger partial charge in [-0.2, -0.15) is 10.4 Å². The van der Waals surface area contributed by atoms with E-state index in [1.807, 2.05) is 14.0 Å². The van der Waals surface area contributed by atoms with Gasteiger partial charge in [0.15, 0.2) is 0 Å². The zero-order chi connectivity index (χ0) is 12.5. The van der Waals surface area contributed by atoms with Crippen molar-refractivity contribution in [3.8, 4) is 6.07 Å². The largest absolute Gasteiger partial charge is 0.387 e. The number of hydrogen-bond donors (Lipinski definition) is 1. The highest BCUT2D eigenvalue weighted by Gasteiger charge is 2.44. The van der Waals surface area contributed by atoms with Crippen molar-refractivity contribution in [3.05, 3.63) is 17.5 Å². The number of aryl methyl sites for hydroxylation is 2. The number of rotatable bonds is 3. The lowest BCUT2D eigenvalue weighted by atomic mass is 9.79. The van der Waals surface area contributed by atoms with E-state index in [9.17, 15) is 10.4 Å². The Morgan fingerprint density at radius 3 is 3.06 bits per heavy atom. The van der Waals surface area contributed by atoms with E-state index < -0.39 is 11.5 Å². The van der Waals surface area contributed by atoms with E-state index in [1.54, 1.807) is 10.9 Å². The maximum Gasteiger partial charge on any atom is 0.113 e. The number of ether oxygens (including phenoxy) is 1. The standard InChI is InChI=1S/C12H17N3O2/c1-3-10-9(6-15(2)14-10)11(16)12(7-13)4-5-17-8-12/h6,11,16H,3-5,8H2,1-2H3. The Morgan fingerprint density at radius 2 is 2.53 bits per heavy atom. The quantitative estimate of drug-likeness (QED) is 0.846. The van der Waals surface area contributed by atoms with E-state index >= 15 is 0 Å². The van der Waals surface area contributed by atoms with Crippen molar-refractivity contribution >= 4 is 0 Å². The Labute approximate surface area is 101 Å². The summed E-state index contributed by atoms with van der Waals surface area (Å²) in [7, 11) is 1.82. The molecule has 0 amide bonds. The van der Waals surface area contributed by atoms with Crippen LogP contribution in [0.3, 0.4) is 0 Å². The van der Waals surface area contributed by atoms with Crippen LogP contribution >= 0.6 is 0 Å². The highest BCUT2D eigenvalue weighted by molar-refractivity contribution is 5.26. The third-order valence-electron chi connectivity index (χ3n) is 3.37. The molecule has 1 aliphatic heterocycles. The fourth-order valence-corrected chi connectivity index (χ4v) is 2.30. The third-order valence-corrected chi connectivity index (χ3v) is 3.37. The van der Waals surface area contributed by atoms with Gasteiger partial charge in [0.2, 0.25) is 0 Å². The Balaban J connectivity index is 2.35. The van der Waals surface area contributed by atoms with E-state index in [0.29, 0.717) is 19.6 Å². The molecule has 5 heteroatoms. The van der Waals surface area contributed by atoms with Crippen LogP contribution in [0.1, 0.15) is 30.7 Å². The van der Waals surface area contributed by atoms with Gasteiger partial charge in [0.1, 0.15) is 11.5 Å². The van der Waals surface area contributed by atoms with E-state index in [2.05, 4.69) is 11.2 Å². The van der Waals surface area contributed by atoms with Crippen molar-refractivity contribution in [2.24, 2.45) is 12.5 Å². The molecule has 1 aliphatic rings. The average molecular weight is 235 g/mol. The van der Waals surface area contributed by atoms with Gasteiger partial charge in [0.25, 0.3) is 0 Å². The molecule has 1 fully saturated rings. The minimum Gasteiger partial charge on any atom is -0.387 e. The number of hydrogen-bond acceptors (Lipinski definition) is 4. The first-order valence-electron chi connectivity index (χ1n) is 5.82. The number of aliphatic hydroxyl groups excluding tert-OH is 1. The summed E-state index contributed by atoms with van der Waals surface area (Å²) in [5, 5.41) is 24.0. The van der Waals surface area contributed by atoms with Gasteiger partial charge in [0.05, 0.1) is 18.4 Å². The monoisotopic (exact) mass is 235 g/mol. The van der Waals surface area contributed by atoms with E-state index in [1.165, 1.54) is 0 Å². The smallest absolute Gasteiger partial charge is 0.113 e. The first kappa shape index (κ1) is 12.1. The SMILES string of the molecule is CCc1nn(C)cc1C(O)C1(C#N)CCOC1. The maximum absolute atomic E-state index is 10.4. The predicted molar refractivity (Wildman–Crippen MR) is 61.0 cm³/mol. The van der Waals surface area contributed by atoms with Gasteiger partial charge in [-0.25, -0.2) is 0 Å². The molecule has 92 valence electrons. The first-order valence-corrected chi connectivity index (χ1v) is 5.82. The van der Waals surface area contributed by atoms with Gasteiger partial charge < -0.3 is 9.84 Å². The zero-order valence-corrected chi connectivity index (χ0v) is 10.2. The van der Waals surface area contributed by atoms with Gasteiger partial charge in [0, 0.05) is 25.4 Å². The Hall–Kier alpha value is -1.38. The number of aromatic nitrogens is 2. The summed E-state index contributed by atoms with van der Waals surface area (Å²) in [5.41, 5.74) is 0.788. The number of aliphatic hydroxyl groups is 1. The molecule has 2 atom stereocenters. The normalized spacial score (nSPS) is 25.8. The predicted octanol–water partition coefficient (Wildman–Crippen LogP) is 0.946. The molecule has 1 aromatic rings. The second-order valence-electron chi connectivity index (χ2n) is 4.53. The van der Waals surface area contributed by atoms with E-state index in [0.717, 1.165) is 17.7 Å². The molecule has 1 N–H and O–H groups in total. The molecular formula is C12H17N3O2. The highest BCUT2D eigenvalue weighted by atomic mass is 16.5. The van der Waals surface area contributed by atoms with Crippen LogP contribution in [0.4, 0.5) is 0 Å². The van der Waals surface area contributed by atoms with Crippen molar-refractivity contribution in [1.29, 1.82) is 5.26 Å². The van der Waals surface area contributed by atoms with Crippen LogP contribution in [0.15, 0.2) is 6.20 Å². The molecule has 2 rings (SSSR count). The van der Waals surface area contributed by atoms with Gasteiger partial charge in [-0.05, 0) is 12.8 Å². The molecule has 2 unspecified atom stereocenters. The summed E-state index contributed by atoms with van der Waals surface area (Å²) in [5.74, 6) is 0. The molecule has 0 spiro atoms. The van der Waals surface area contributed by atoms with Gasteiger partial charge in [-0.3, -0.25) is 4.68 Å². The summed E-state index contributed by atoms with van der Waals surface area (Å²) >= 11 is 0. The van der Waals surface area contributed by atoms with Crippen molar-refractivity contribution < 1.29 is 9.84 Å². The summed E-state index contributed by atoms with van der Waals surface area (Å²) < 4.78 is 6.94. The molecule has 0 aliphatic carbocycles. The maximum atomic E-state index is 10.4. The molecule has 17 heavy (non-hydrogen) atoms. The molecule has 0 bridgehead atoms. The lowest BCUT2D eigenvalue weighted by Gasteiger charge is -2.25.